The Morgan fingerprint density at radius 1 is 1.21 bits per heavy atom. The lowest BCUT2D eigenvalue weighted by Gasteiger charge is -2.33. The number of fused-ring (bicyclic) bond motifs is 1. The minimum absolute atomic E-state index is 0.166. The van der Waals surface area contributed by atoms with Crippen molar-refractivity contribution in [1.29, 1.82) is 0 Å². The zero-order valence-electron chi connectivity index (χ0n) is 15.3. The molecular formula is C20H16ClF3N4O. The van der Waals surface area contributed by atoms with E-state index in [1.807, 2.05) is 18.3 Å². The first-order valence-electron chi connectivity index (χ1n) is 8.94. The van der Waals surface area contributed by atoms with E-state index in [1.54, 1.807) is 23.9 Å². The number of carbonyl (C=O) groups excluding carboxylic acids is 1. The Balaban J connectivity index is 1.66. The van der Waals surface area contributed by atoms with Gasteiger partial charge in [-0.2, -0.15) is 18.3 Å². The van der Waals surface area contributed by atoms with E-state index in [9.17, 15) is 18.0 Å². The molecule has 150 valence electrons. The molecule has 9 heteroatoms. The van der Waals surface area contributed by atoms with Gasteiger partial charge in [0.25, 0.3) is 5.91 Å². The highest BCUT2D eigenvalue weighted by atomic mass is 35.5. The van der Waals surface area contributed by atoms with Gasteiger partial charge in [0, 0.05) is 18.9 Å². The van der Waals surface area contributed by atoms with Gasteiger partial charge in [-0.05, 0) is 43.2 Å². The predicted molar refractivity (Wildman–Crippen MR) is 101 cm³/mol. The van der Waals surface area contributed by atoms with Gasteiger partial charge in [0.2, 0.25) is 0 Å². The van der Waals surface area contributed by atoms with Gasteiger partial charge in [-0.3, -0.25) is 4.79 Å². The number of hydrogen-bond donors (Lipinski definition) is 0. The zero-order valence-corrected chi connectivity index (χ0v) is 16.1. The van der Waals surface area contributed by atoms with Crippen molar-refractivity contribution in [2.24, 2.45) is 0 Å². The third kappa shape index (κ3) is 3.48. The van der Waals surface area contributed by atoms with E-state index in [-0.39, 0.29) is 5.56 Å². The van der Waals surface area contributed by atoms with Gasteiger partial charge in [-0.15, -0.1) is 0 Å². The second-order valence-electron chi connectivity index (χ2n) is 6.76. The summed E-state index contributed by atoms with van der Waals surface area (Å²) in [4.78, 5) is 18.8. The number of amides is 1. The van der Waals surface area contributed by atoms with E-state index in [1.165, 1.54) is 17.0 Å². The lowest BCUT2D eigenvalue weighted by atomic mass is 9.99. The summed E-state index contributed by atoms with van der Waals surface area (Å²) < 4.78 is 41.1. The Bertz CT molecular complexity index is 1070. The first-order chi connectivity index (χ1) is 13.8. The number of pyridine rings is 1. The number of carbonyl (C=O) groups is 1. The van der Waals surface area contributed by atoms with Gasteiger partial charge in [-0.25, -0.2) is 9.67 Å². The average Bonchev–Trinajstić information content (AvgIpc) is 3.13. The third-order valence-corrected chi connectivity index (χ3v) is 5.39. The van der Waals surface area contributed by atoms with Crippen LogP contribution in [-0.4, -0.2) is 32.1 Å². The van der Waals surface area contributed by atoms with Crippen LogP contribution >= 0.6 is 11.6 Å². The van der Waals surface area contributed by atoms with Gasteiger partial charge < -0.3 is 4.90 Å². The molecule has 1 aliphatic heterocycles. The number of benzene rings is 1. The summed E-state index contributed by atoms with van der Waals surface area (Å²) >= 11 is 5.94. The summed E-state index contributed by atoms with van der Waals surface area (Å²) in [5.41, 5.74) is 0.483. The monoisotopic (exact) mass is 420 g/mol. The molecule has 2 aromatic heterocycles. The van der Waals surface area contributed by atoms with Crippen LogP contribution in [0.2, 0.25) is 5.02 Å². The van der Waals surface area contributed by atoms with Crippen LogP contribution in [0.4, 0.5) is 13.2 Å². The highest BCUT2D eigenvalue weighted by Gasteiger charge is 2.37. The fourth-order valence-corrected chi connectivity index (χ4v) is 3.82. The fraction of sp³-hybridized carbons (Fsp3) is 0.250. The van der Waals surface area contributed by atoms with E-state index in [0.717, 1.165) is 11.6 Å². The summed E-state index contributed by atoms with van der Waals surface area (Å²) in [5.74, 6) is 0.0968. The van der Waals surface area contributed by atoms with Crippen molar-refractivity contribution in [1.82, 2.24) is 19.7 Å². The van der Waals surface area contributed by atoms with Gasteiger partial charge in [0.15, 0.2) is 5.82 Å². The van der Waals surface area contributed by atoms with Crippen molar-refractivity contribution in [2.45, 2.75) is 25.6 Å². The summed E-state index contributed by atoms with van der Waals surface area (Å²) in [7, 11) is 0. The molecule has 1 unspecified atom stereocenters. The molecule has 3 heterocycles. The van der Waals surface area contributed by atoms with E-state index in [0.29, 0.717) is 24.5 Å². The largest absolute Gasteiger partial charge is 0.417 e. The van der Waals surface area contributed by atoms with Crippen LogP contribution < -0.4 is 0 Å². The van der Waals surface area contributed by atoms with Crippen LogP contribution in [0.5, 0.6) is 0 Å². The topological polar surface area (TPSA) is 51.0 Å². The van der Waals surface area contributed by atoms with Crippen molar-refractivity contribution in [3.8, 4) is 5.82 Å². The molecule has 29 heavy (non-hydrogen) atoms. The van der Waals surface area contributed by atoms with Crippen molar-refractivity contribution in [3.05, 3.63) is 76.2 Å². The highest BCUT2D eigenvalue weighted by Crippen LogP contribution is 2.38. The quantitative estimate of drug-likeness (QED) is 0.604. The molecule has 0 bridgehead atoms. The average molecular weight is 421 g/mol. The van der Waals surface area contributed by atoms with Crippen LogP contribution in [0, 0.1) is 0 Å². The number of rotatable bonds is 2. The van der Waals surface area contributed by atoms with Gasteiger partial charge >= 0.3 is 6.18 Å². The lowest BCUT2D eigenvalue weighted by Crippen LogP contribution is -2.39. The number of halogens is 4. The Morgan fingerprint density at radius 3 is 2.69 bits per heavy atom. The molecule has 0 saturated heterocycles. The smallest absolute Gasteiger partial charge is 0.330 e. The summed E-state index contributed by atoms with van der Waals surface area (Å²) in [6.45, 7) is 2.15. The first kappa shape index (κ1) is 19.4. The Labute approximate surface area is 169 Å². The van der Waals surface area contributed by atoms with E-state index < -0.39 is 28.7 Å². The van der Waals surface area contributed by atoms with Crippen LogP contribution in [0.1, 0.15) is 40.1 Å². The number of alkyl halides is 3. The number of hydrogen-bond acceptors (Lipinski definition) is 3. The van der Waals surface area contributed by atoms with Crippen molar-refractivity contribution in [3.63, 3.8) is 0 Å². The zero-order chi connectivity index (χ0) is 20.8. The number of aromatic nitrogens is 3. The molecule has 1 aromatic carbocycles. The van der Waals surface area contributed by atoms with Crippen molar-refractivity contribution in [2.75, 3.05) is 6.54 Å². The minimum Gasteiger partial charge on any atom is -0.330 e. The summed E-state index contributed by atoms with van der Waals surface area (Å²) in [6, 6.07) is 8.42. The number of nitrogens with zero attached hydrogens (tertiary/aromatic N) is 4. The molecule has 0 fully saturated rings. The second kappa shape index (κ2) is 7.18. The molecule has 0 N–H and O–H groups in total. The van der Waals surface area contributed by atoms with Gasteiger partial charge in [-0.1, -0.05) is 23.7 Å². The van der Waals surface area contributed by atoms with Crippen molar-refractivity contribution >= 4 is 17.5 Å². The fourth-order valence-electron chi connectivity index (χ4n) is 3.50. The van der Waals surface area contributed by atoms with Gasteiger partial charge in [0.1, 0.15) is 0 Å². The molecule has 1 amide bonds. The Hall–Kier alpha value is -2.87. The maximum atomic E-state index is 13.1. The molecule has 0 spiro atoms. The maximum Gasteiger partial charge on any atom is 0.417 e. The van der Waals surface area contributed by atoms with Crippen LogP contribution in [0.3, 0.4) is 0 Å². The van der Waals surface area contributed by atoms with E-state index >= 15 is 0 Å². The lowest BCUT2D eigenvalue weighted by molar-refractivity contribution is -0.137. The van der Waals surface area contributed by atoms with Gasteiger partial charge in [0.05, 0.1) is 27.9 Å². The standard InChI is InChI=1S/C20H16ClF3N4O/c1-12-18-13(11-28(26-18)16-7-2-3-9-25-16)8-10-27(12)19(29)14-5-4-6-15(17(14)21)20(22,23)24/h2-7,9,11-12H,8,10H2,1H3. The van der Waals surface area contributed by atoms with Crippen molar-refractivity contribution < 1.29 is 18.0 Å². The SMILES string of the molecule is CC1c2nn(-c3ccccn3)cc2CCN1C(=O)c1cccc(C(F)(F)F)c1Cl. The molecule has 0 radical (unpaired) electrons. The van der Waals surface area contributed by atoms with Crippen LogP contribution in [0.25, 0.3) is 5.82 Å². The molecule has 4 rings (SSSR count). The Kier molecular flexibility index (Phi) is 4.82. The van der Waals surface area contributed by atoms with E-state index in [2.05, 4.69) is 10.1 Å². The second-order valence-corrected chi connectivity index (χ2v) is 7.14. The molecular weight excluding hydrogens is 405 g/mol. The normalized spacial score (nSPS) is 16.6. The third-order valence-electron chi connectivity index (χ3n) is 4.99. The Morgan fingerprint density at radius 2 is 2.00 bits per heavy atom. The molecule has 0 aliphatic carbocycles. The van der Waals surface area contributed by atoms with Crippen LogP contribution in [0.15, 0.2) is 48.8 Å². The molecule has 0 saturated carbocycles. The minimum atomic E-state index is -4.63. The molecule has 3 aromatic rings. The molecule has 5 nitrogen and oxygen atoms in total. The van der Waals surface area contributed by atoms with E-state index in [4.69, 9.17) is 11.6 Å². The molecule has 1 aliphatic rings. The maximum absolute atomic E-state index is 13.1. The summed E-state index contributed by atoms with van der Waals surface area (Å²) in [5, 5.41) is 3.97. The first-order valence-corrected chi connectivity index (χ1v) is 9.31. The van der Waals surface area contributed by atoms with Crippen LogP contribution in [-0.2, 0) is 12.6 Å². The summed E-state index contributed by atoms with van der Waals surface area (Å²) in [6.07, 6.45) is -0.567. The highest BCUT2D eigenvalue weighted by molar-refractivity contribution is 6.34. The molecule has 1 atom stereocenters. The predicted octanol–water partition coefficient (Wildman–Crippen LogP) is 4.70.